The predicted octanol–water partition coefficient (Wildman–Crippen LogP) is 3.41. The Labute approximate surface area is 103 Å². The number of rotatable bonds is 3. The van der Waals surface area contributed by atoms with Crippen molar-refractivity contribution in [2.24, 2.45) is 0 Å². The van der Waals surface area contributed by atoms with Crippen molar-refractivity contribution < 1.29 is 9.47 Å². The predicted molar refractivity (Wildman–Crippen MR) is 69.5 cm³/mol. The van der Waals surface area contributed by atoms with Crippen LogP contribution < -0.4 is 0 Å². The molecule has 17 heavy (non-hydrogen) atoms. The monoisotopic (exact) mass is 230 g/mol. The van der Waals surface area contributed by atoms with Gasteiger partial charge in [0.2, 0.25) is 0 Å². The number of hydrogen-bond acceptors (Lipinski definition) is 2. The van der Waals surface area contributed by atoms with Gasteiger partial charge in [0, 0.05) is 0 Å². The van der Waals surface area contributed by atoms with E-state index in [0.29, 0.717) is 6.61 Å². The Balaban J connectivity index is 2.17. The molecule has 0 unspecified atom stereocenters. The fourth-order valence-corrected chi connectivity index (χ4v) is 1.91. The van der Waals surface area contributed by atoms with Crippen molar-refractivity contribution in [1.82, 2.24) is 0 Å². The summed E-state index contributed by atoms with van der Waals surface area (Å²) in [5.74, 6) is -0.482. The molecule has 1 saturated heterocycles. The van der Waals surface area contributed by atoms with E-state index in [4.69, 9.17) is 9.47 Å². The van der Waals surface area contributed by atoms with Crippen molar-refractivity contribution in [3.05, 3.63) is 54.6 Å². The van der Waals surface area contributed by atoms with E-state index >= 15 is 0 Å². The standard InChI is InChI=1S/C15H18O2/c1-4-12(13-8-6-5-7-9-13)10-14-11-16-15(2,3)17-14/h4-10,14H,1,11H2,2-3H3/b12-10-/t14-/m0/s1. The molecule has 1 aromatic carbocycles. The summed E-state index contributed by atoms with van der Waals surface area (Å²) in [6, 6.07) is 10.2. The van der Waals surface area contributed by atoms with Crippen LogP contribution in [-0.2, 0) is 9.47 Å². The van der Waals surface area contributed by atoms with Crippen molar-refractivity contribution in [1.29, 1.82) is 0 Å². The van der Waals surface area contributed by atoms with Crippen molar-refractivity contribution in [2.75, 3.05) is 6.61 Å². The van der Waals surface area contributed by atoms with Gasteiger partial charge in [-0.3, -0.25) is 0 Å². The van der Waals surface area contributed by atoms with E-state index in [-0.39, 0.29) is 6.10 Å². The van der Waals surface area contributed by atoms with Crippen LogP contribution in [-0.4, -0.2) is 18.5 Å². The van der Waals surface area contributed by atoms with E-state index in [0.717, 1.165) is 11.1 Å². The van der Waals surface area contributed by atoms with Gasteiger partial charge in [-0.1, -0.05) is 43.0 Å². The second kappa shape index (κ2) is 4.86. The SMILES string of the molecule is C=C/C(=C/[C@H]1COC(C)(C)O1)c1ccccc1. The zero-order valence-electron chi connectivity index (χ0n) is 10.3. The molecule has 0 aliphatic carbocycles. The van der Waals surface area contributed by atoms with Crippen LogP contribution >= 0.6 is 0 Å². The first-order valence-electron chi connectivity index (χ1n) is 5.82. The van der Waals surface area contributed by atoms with E-state index in [1.807, 2.05) is 38.1 Å². The van der Waals surface area contributed by atoms with Gasteiger partial charge in [0.05, 0.1) is 6.61 Å². The van der Waals surface area contributed by atoms with Gasteiger partial charge in [-0.05, 0) is 31.1 Å². The molecule has 0 radical (unpaired) electrons. The molecule has 1 aromatic rings. The normalized spacial score (nSPS) is 23.6. The lowest BCUT2D eigenvalue weighted by molar-refractivity contribution is -0.133. The zero-order chi connectivity index (χ0) is 12.3. The Bertz CT molecular complexity index is 418. The van der Waals surface area contributed by atoms with Crippen LogP contribution in [0.2, 0.25) is 0 Å². The van der Waals surface area contributed by atoms with Gasteiger partial charge in [-0.2, -0.15) is 0 Å². The Morgan fingerprint density at radius 3 is 2.59 bits per heavy atom. The molecule has 2 nitrogen and oxygen atoms in total. The highest BCUT2D eigenvalue weighted by Crippen LogP contribution is 2.25. The molecule has 1 fully saturated rings. The molecule has 90 valence electrons. The minimum atomic E-state index is -0.482. The molecule has 2 heteroatoms. The van der Waals surface area contributed by atoms with E-state index in [2.05, 4.69) is 24.8 Å². The molecular formula is C15H18O2. The van der Waals surface area contributed by atoms with Crippen LogP contribution in [0.25, 0.3) is 5.57 Å². The average Bonchev–Trinajstić information content (AvgIpc) is 2.67. The summed E-state index contributed by atoms with van der Waals surface area (Å²) in [4.78, 5) is 0. The van der Waals surface area contributed by atoms with E-state index in [9.17, 15) is 0 Å². The molecule has 0 amide bonds. The molecular weight excluding hydrogens is 212 g/mol. The maximum atomic E-state index is 5.76. The topological polar surface area (TPSA) is 18.5 Å². The van der Waals surface area contributed by atoms with Gasteiger partial charge >= 0.3 is 0 Å². The summed E-state index contributed by atoms with van der Waals surface area (Å²) < 4.78 is 11.3. The summed E-state index contributed by atoms with van der Waals surface area (Å²) in [6.07, 6.45) is 3.92. The molecule has 0 bridgehead atoms. The molecule has 1 aliphatic rings. The van der Waals surface area contributed by atoms with Gasteiger partial charge in [-0.25, -0.2) is 0 Å². The lowest BCUT2D eigenvalue weighted by Crippen LogP contribution is -2.20. The molecule has 2 rings (SSSR count). The summed E-state index contributed by atoms with van der Waals surface area (Å²) in [7, 11) is 0. The summed E-state index contributed by atoms with van der Waals surface area (Å²) in [5, 5.41) is 0. The highest BCUT2D eigenvalue weighted by molar-refractivity contribution is 5.73. The molecule has 1 heterocycles. The second-order valence-electron chi connectivity index (χ2n) is 4.56. The van der Waals surface area contributed by atoms with Crippen LogP contribution in [0.4, 0.5) is 0 Å². The Morgan fingerprint density at radius 1 is 1.35 bits per heavy atom. The molecule has 0 aromatic heterocycles. The van der Waals surface area contributed by atoms with E-state index < -0.39 is 5.79 Å². The third-order valence-electron chi connectivity index (χ3n) is 2.72. The van der Waals surface area contributed by atoms with Gasteiger partial charge < -0.3 is 9.47 Å². The Morgan fingerprint density at radius 2 is 2.06 bits per heavy atom. The van der Waals surface area contributed by atoms with E-state index in [1.54, 1.807) is 0 Å². The van der Waals surface area contributed by atoms with Gasteiger partial charge in [-0.15, -0.1) is 0 Å². The quantitative estimate of drug-likeness (QED) is 0.741. The molecule has 1 atom stereocenters. The number of benzene rings is 1. The average molecular weight is 230 g/mol. The van der Waals surface area contributed by atoms with Crippen molar-refractivity contribution in [3.8, 4) is 0 Å². The maximum Gasteiger partial charge on any atom is 0.163 e. The first-order chi connectivity index (χ1) is 8.11. The minimum Gasteiger partial charge on any atom is -0.347 e. The van der Waals surface area contributed by atoms with Gasteiger partial charge in [0.15, 0.2) is 5.79 Å². The number of allylic oxidation sites excluding steroid dienone is 2. The third-order valence-corrected chi connectivity index (χ3v) is 2.72. The molecule has 0 spiro atoms. The first-order valence-corrected chi connectivity index (χ1v) is 5.82. The van der Waals surface area contributed by atoms with E-state index in [1.165, 1.54) is 0 Å². The van der Waals surface area contributed by atoms with Crippen LogP contribution in [0.3, 0.4) is 0 Å². The molecule has 1 aliphatic heterocycles. The Hall–Kier alpha value is -1.38. The summed E-state index contributed by atoms with van der Waals surface area (Å²) in [5.41, 5.74) is 2.23. The lowest BCUT2D eigenvalue weighted by Gasteiger charge is -2.16. The van der Waals surface area contributed by atoms with Gasteiger partial charge in [0.1, 0.15) is 6.10 Å². The summed E-state index contributed by atoms with van der Waals surface area (Å²) >= 11 is 0. The highest BCUT2D eigenvalue weighted by Gasteiger charge is 2.31. The smallest absolute Gasteiger partial charge is 0.163 e. The number of hydrogen-bond donors (Lipinski definition) is 0. The third kappa shape index (κ3) is 3.05. The van der Waals surface area contributed by atoms with Crippen molar-refractivity contribution in [2.45, 2.75) is 25.7 Å². The van der Waals surface area contributed by atoms with Crippen LogP contribution in [0.15, 0.2) is 49.1 Å². The fourth-order valence-electron chi connectivity index (χ4n) is 1.91. The zero-order valence-corrected chi connectivity index (χ0v) is 10.3. The van der Waals surface area contributed by atoms with Crippen molar-refractivity contribution >= 4 is 5.57 Å². The highest BCUT2D eigenvalue weighted by atomic mass is 16.7. The largest absolute Gasteiger partial charge is 0.347 e. The number of ether oxygens (including phenoxy) is 2. The van der Waals surface area contributed by atoms with Crippen LogP contribution in [0.1, 0.15) is 19.4 Å². The Kier molecular flexibility index (Phi) is 3.46. The maximum absolute atomic E-state index is 5.76. The van der Waals surface area contributed by atoms with Gasteiger partial charge in [0.25, 0.3) is 0 Å². The minimum absolute atomic E-state index is 0.00166. The van der Waals surface area contributed by atoms with Crippen LogP contribution in [0, 0.1) is 0 Å². The molecule has 0 saturated carbocycles. The fraction of sp³-hybridized carbons (Fsp3) is 0.333. The van der Waals surface area contributed by atoms with Crippen LogP contribution in [0.5, 0.6) is 0 Å². The first kappa shape index (κ1) is 12.1. The van der Waals surface area contributed by atoms with Crippen molar-refractivity contribution in [3.63, 3.8) is 0 Å². The summed E-state index contributed by atoms with van der Waals surface area (Å²) in [6.45, 7) is 8.30. The lowest BCUT2D eigenvalue weighted by atomic mass is 10.0. The second-order valence-corrected chi connectivity index (χ2v) is 4.56. The molecule has 0 N–H and O–H groups in total.